The highest BCUT2D eigenvalue weighted by Crippen LogP contribution is 2.40. The molecule has 2 fully saturated rings. The average Bonchev–Trinajstić information content (AvgIpc) is 4.32. The summed E-state index contributed by atoms with van der Waals surface area (Å²) in [4.78, 5) is 72.0. The number of nitrogens with one attached hydrogen (secondary N) is 2. The quantitative estimate of drug-likeness (QED) is 0.111. The van der Waals surface area contributed by atoms with Gasteiger partial charge >= 0.3 is 11.9 Å². The van der Waals surface area contributed by atoms with Gasteiger partial charge in [0.1, 0.15) is 22.5 Å². The number of esters is 2. The molecule has 10 rings (SSSR count). The number of ether oxygens (including phenoxy) is 2. The predicted octanol–water partition coefficient (Wildman–Crippen LogP) is 12.8. The maximum atomic E-state index is 13.5. The van der Waals surface area contributed by atoms with Crippen molar-refractivity contribution in [3.63, 3.8) is 0 Å². The van der Waals surface area contributed by atoms with Gasteiger partial charge in [0.05, 0.1) is 34.6 Å². The number of anilines is 2. The van der Waals surface area contributed by atoms with Crippen molar-refractivity contribution in [1.29, 1.82) is 0 Å². The van der Waals surface area contributed by atoms with Gasteiger partial charge in [-0.2, -0.15) is 0 Å². The van der Waals surface area contributed by atoms with Gasteiger partial charge in [-0.05, 0) is 181 Å². The van der Waals surface area contributed by atoms with Crippen LogP contribution >= 0.6 is 0 Å². The van der Waals surface area contributed by atoms with Gasteiger partial charge in [0.15, 0.2) is 0 Å². The van der Waals surface area contributed by atoms with Crippen molar-refractivity contribution in [2.24, 2.45) is 0 Å². The van der Waals surface area contributed by atoms with Crippen molar-refractivity contribution in [3.05, 3.63) is 186 Å². The van der Waals surface area contributed by atoms with E-state index in [0.29, 0.717) is 68.1 Å². The summed E-state index contributed by atoms with van der Waals surface area (Å²) < 4.78 is 14.5. The van der Waals surface area contributed by atoms with Gasteiger partial charge in [-0.25, -0.2) is 19.6 Å². The van der Waals surface area contributed by atoms with Crippen LogP contribution in [0, 0.1) is 27.7 Å². The van der Waals surface area contributed by atoms with Gasteiger partial charge in [-0.3, -0.25) is 28.4 Å². The molecule has 14 heteroatoms. The molecule has 0 amide bonds. The smallest absolute Gasteiger partial charge is 0.340 e. The summed E-state index contributed by atoms with van der Waals surface area (Å²) in [5.41, 5.74) is 11.8. The third-order valence-electron chi connectivity index (χ3n) is 13.5. The minimum atomic E-state index is -0.604. The molecule has 2 aliphatic rings. The molecule has 2 atom stereocenters. The Morgan fingerprint density at radius 1 is 0.566 bits per heavy atom. The first-order valence-electron chi connectivity index (χ1n) is 26.2. The minimum Gasteiger partial charge on any atom is -0.456 e. The fourth-order valence-corrected chi connectivity index (χ4v) is 9.39. The van der Waals surface area contributed by atoms with Gasteiger partial charge in [0.25, 0.3) is 11.1 Å². The summed E-state index contributed by atoms with van der Waals surface area (Å²) >= 11 is 0. The van der Waals surface area contributed by atoms with Crippen LogP contribution in [0.2, 0.25) is 0 Å². The van der Waals surface area contributed by atoms with Crippen molar-refractivity contribution < 1.29 is 19.1 Å². The number of para-hydroxylation sites is 2. The van der Waals surface area contributed by atoms with Crippen LogP contribution in [0.15, 0.2) is 119 Å². The van der Waals surface area contributed by atoms with E-state index in [1.54, 1.807) is 20.9 Å². The van der Waals surface area contributed by atoms with E-state index >= 15 is 0 Å². The molecule has 2 aliphatic carbocycles. The molecular weight excluding hydrogens is 953 g/mol. The summed E-state index contributed by atoms with van der Waals surface area (Å²) in [7, 11) is 0. The molecule has 6 aromatic heterocycles. The Hall–Kier alpha value is -8.00. The summed E-state index contributed by atoms with van der Waals surface area (Å²) in [6.07, 6.45) is 12.0. The van der Waals surface area contributed by atoms with Crippen molar-refractivity contribution in [2.75, 3.05) is 10.6 Å². The van der Waals surface area contributed by atoms with Crippen LogP contribution in [0.1, 0.15) is 170 Å². The zero-order valence-corrected chi connectivity index (χ0v) is 45.7. The van der Waals surface area contributed by atoms with E-state index in [1.807, 2.05) is 181 Å². The highest BCUT2D eigenvalue weighted by Gasteiger charge is 2.28. The Labute approximate surface area is 444 Å². The lowest BCUT2D eigenvalue weighted by Gasteiger charge is -2.23. The Morgan fingerprint density at radius 3 is 1.26 bits per heavy atom. The lowest BCUT2D eigenvalue weighted by Crippen LogP contribution is -2.25. The topological polar surface area (TPSA) is 171 Å². The van der Waals surface area contributed by atoms with E-state index in [1.165, 1.54) is 25.7 Å². The second kappa shape index (κ2) is 21.0. The first-order chi connectivity index (χ1) is 36.0. The third-order valence-corrected chi connectivity index (χ3v) is 13.5. The number of rotatable bonds is 12. The summed E-state index contributed by atoms with van der Waals surface area (Å²) in [6, 6.07) is 26.3. The number of carbonyl (C=O) groups is 2. The van der Waals surface area contributed by atoms with E-state index in [9.17, 15) is 19.2 Å². The molecule has 0 aliphatic heterocycles. The van der Waals surface area contributed by atoms with Crippen molar-refractivity contribution in [1.82, 2.24) is 28.7 Å². The van der Waals surface area contributed by atoms with Crippen LogP contribution in [0.5, 0.6) is 0 Å². The number of hydrogen-bond acceptors (Lipinski definition) is 12. The van der Waals surface area contributed by atoms with E-state index in [4.69, 9.17) is 19.4 Å². The van der Waals surface area contributed by atoms with Crippen LogP contribution in [-0.2, 0) is 9.47 Å². The van der Waals surface area contributed by atoms with Crippen LogP contribution in [0.3, 0.4) is 0 Å². The normalized spacial score (nSPS) is 14.4. The fraction of sp³-hybridized carbons (Fsp3) is 0.355. The number of aryl methyl sites for hydroxylation is 2. The molecule has 14 nitrogen and oxygen atoms in total. The number of aromatic nitrogens is 6. The summed E-state index contributed by atoms with van der Waals surface area (Å²) in [6.45, 7) is 22.6. The van der Waals surface area contributed by atoms with Crippen LogP contribution in [0.25, 0.3) is 33.8 Å². The standard InChI is InChI=1S/2C31H34N4O3/c2*1-18-15-24(20(3)33-26-10-8-7-9-23(26)30(37)38-31(4,5)6)28-34-27(19(2)29(36)35(28)17-18)22-13-14-25(32-16-22)21-11-12-21/h2*7-10,13-17,20-21,33H,11-12H2,1-6H3/t20-;/m0./s1. The Morgan fingerprint density at radius 2 is 0.934 bits per heavy atom. The molecule has 2 N–H and O–H groups in total. The van der Waals surface area contributed by atoms with Crippen LogP contribution < -0.4 is 21.8 Å². The summed E-state index contributed by atoms with van der Waals surface area (Å²) in [5.74, 6) is 0.336. The third kappa shape index (κ3) is 11.8. The number of hydrogen-bond donors (Lipinski definition) is 2. The van der Waals surface area contributed by atoms with Gasteiger partial charge in [0, 0.05) is 92.8 Å². The molecule has 2 saturated carbocycles. The maximum absolute atomic E-state index is 13.5. The number of fused-ring (bicyclic) bond motifs is 2. The first-order valence-corrected chi connectivity index (χ1v) is 26.2. The van der Waals surface area contributed by atoms with Gasteiger partial charge in [-0.15, -0.1) is 0 Å². The van der Waals surface area contributed by atoms with E-state index in [-0.39, 0.29) is 23.2 Å². The molecule has 0 spiro atoms. The summed E-state index contributed by atoms with van der Waals surface area (Å²) in [5, 5.41) is 6.93. The first kappa shape index (κ1) is 52.8. The molecular formula is C62H68N8O6. The Bertz CT molecular complexity index is 3400. The Kier molecular flexibility index (Phi) is 14.6. The lowest BCUT2D eigenvalue weighted by molar-refractivity contribution is 0.00580. The molecule has 0 saturated heterocycles. The van der Waals surface area contributed by atoms with Gasteiger partial charge in [-0.1, -0.05) is 24.3 Å². The molecule has 2 aromatic carbocycles. The SMILES string of the molecule is Cc1cc(C(C)Nc2ccccc2C(=O)OC(C)(C)C)c2nc(-c3ccc(C4CC4)nc3)c(C)c(=O)n2c1.Cc1cc([C@H](C)Nc2ccccc2C(=O)OC(C)(C)C)c2nc(-c3ccc(C4CC4)nc3)c(C)c(=O)n2c1. The zero-order valence-electron chi connectivity index (χ0n) is 45.7. The second-order valence-electron chi connectivity index (χ2n) is 22.4. The molecule has 8 aromatic rings. The van der Waals surface area contributed by atoms with Crippen LogP contribution in [-0.4, -0.2) is 51.9 Å². The van der Waals surface area contributed by atoms with Crippen molar-refractivity contribution in [3.8, 4) is 22.5 Å². The molecule has 392 valence electrons. The van der Waals surface area contributed by atoms with Gasteiger partial charge < -0.3 is 20.1 Å². The van der Waals surface area contributed by atoms with Crippen molar-refractivity contribution in [2.45, 2.75) is 144 Å². The molecule has 6 heterocycles. The molecule has 76 heavy (non-hydrogen) atoms. The molecule has 1 unspecified atom stereocenters. The fourth-order valence-electron chi connectivity index (χ4n) is 9.39. The minimum absolute atomic E-state index is 0.109. The largest absolute Gasteiger partial charge is 0.456 e. The van der Waals surface area contributed by atoms with E-state index < -0.39 is 23.1 Å². The Balaban J connectivity index is 0.000000186. The number of nitrogens with zero attached hydrogens (tertiary/aromatic N) is 6. The monoisotopic (exact) mass is 1020 g/mol. The average molecular weight is 1020 g/mol. The number of pyridine rings is 4. The maximum Gasteiger partial charge on any atom is 0.340 e. The number of carbonyl (C=O) groups excluding carboxylic acids is 2. The second-order valence-corrected chi connectivity index (χ2v) is 22.4. The zero-order chi connectivity index (χ0) is 54.4. The molecule has 0 radical (unpaired) electrons. The molecule has 0 bridgehead atoms. The van der Waals surface area contributed by atoms with E-state index in [2.05, 4.69) is 20.6 Å². The van der Waals surface area contributed by atoms with Crippen LogP contribution in [0.4, 0.5) is 11.4 Å². The predicted molar refractivity (Wildman–Crippen MR) is 300 cm³/mol. The highest BCUT2D eigenvalue weighted by atomic mass is 16.6. The van der Waals surface area contributed by atoms with Gasteiger partial charge in [0.2, 0.25) is 0 Å². The van der Waals surface area contributed by atoms with E-state index in [0.717, 1.165) is 44.8 Å². The lowest BCUT2D eigenvalue weighted by atomic mass is 10.0. The number of benzene rings is 2. The highest BCUT2D eigenvalue weighted by molar-refractivity contribution is 5.96. The van der Waals surface area contributed by atoms with Crippen molar-refractivity contribution >= 4 is 34.6 Å².